The Morgan fingerprint density at radius 2 is 1.65 bits per heavy atom. The van der Waals surface area contributed by atoms with Crippen LogP contribution in [0.25, 0.3) is 0 Å². The van der Waals surface area contributed by atoms with Gasteiger partial charge in [-0.05, 0) is 37.7 Å². The zero-order valence-corrected chi connectivity index (χ0v) is 13.1. The Labute approximate surface area is 135 Å². The molecule has 124 valence electrons. The minimum Gasteiger partial charge on any atom is -0.481 e. The summed E-state index contributed by atoms with van der Waals surface area (Å²) in [4.78, 5) is 25.4. The largest absolute Gasteiger partial charge is 0.481 e. The van der Waals surface area contributed by atoms with Gasteiger partial charge in [-0.25, -0.2) is 0 Å². The van der Waals surface area contributed by atoms with E-state index in [9.17, 15) is 14.7 Å². The summed E-state index contributed by atoms with van der Waals surface area (Å²) in [5.41, 5.74) is 0.0380. The van der Waals surface area contributed by atoms with E-state index in [2.05, 4.69) is 0 Å². The third kappa shape index (κ3) is 3.24. The van der Waals surface area contributed by atoms with Crippen molar-refractivity contribution in [2.24, 2.45) is 11.8 Å². The standard InChI is InChI=1S/C18H23NO4/c20-16(13-6-7-14(12-13)17(21)22)19-10-8-18(23,9-11-19)15-4-2-1-3-5-15/h1-5,13-14,23H,6-12H2,(H,21,22)/t13-,14+/m0/s1. The summed E-state index contributed by atoms with van der Waals surface area (Å²) in [6, 6.07) is 9.59. The van der Waals surface area contributed by atoms with Crippen LogP contribution >= 0.6 is 0 Å². The van der Waals surface area contributed by atoms with Gasteiger partial charge in [-0.3, -0.25) is 9.59 Å². The van der Waals surface area contributed by atoms with Crippen LogP contribution in [0.2, 0.25) is 0 Å². The Bertz CT molecular complexity index is 578. The molecule has 0 aromatic heterocycles. The molecule has 1 amide bonds. The van der Waals surface area contributed by atoms with Crippen LogP contribution in [0.4, 0.5) is 0 Å². The number of carbonyl (C=O) groups excluding carboxylic acids is 1. The van der Waals surface area contributed by atoms with Gasteiger partial charge >= 0.3 is 5.97 Å². The third-order valence-electron chi connectivity index (χ3n) is 5.34. The normalized spacial score (nSPS) is 26.9. The molecule has 2 fully saturated rings. The van der Waals surface area contributed by atoms with Crippen molar-refractivity contribution in [3.05, 3.63) is 35.9 Å². The average Bonchev–Trinajstić information content (AvgIpc) is 3.06. The van der Waals surface area contributed by atoms with Gasteiger partial charge in [0.1, 0.15) is 0 Å². The molecule has 0 bridgehead atoms. The van der Waals surface area contributed by atoms with Crippen molar-refractivity contribution < 1.29 is 19.8 Å². The smallest absolute Gasteiger partial charge is 0.306 e. The predicted molar refractivity (Wildman–Crippen MR) is 84.6 cm³/mol. The SMILES string of the molecule is O=C(O)[C@@H]1CC[C@H](C(=O)N2CCC(O)(c3ccccc3)CC2)C1. The molecule has 1 aliphatic heterocycles. The van der Waals surface area contributed by atoms with Crippen LogP contribution < -0.4 is 0 Å². The predicted octanol–water partition coefficient (Wildman–Crippen LogP) is 2.00. The van der Waals surface area contributed by atoms with Crippen LogP contribution in [0.5, 0.6) is 0 Å². The van der Waals surface area contributed by atoms with Crippen molar-refractivity contribution in [1.82, 2.24) is 4.90 Å². The first-order valence-corrected chi connectivity index (χ1v) is 8.29. The van der Waals surface area contributed by atoms with Crippen molar-refractivity contribution in [2.75, 3.05) is 13.1 Å². The maximum atomic E-state index is 12.6. The summed E-state index contributed by atoms with van der Waals surface area (Å²) < 4.78 is 0. The van der Waals surface area contributed by atoms with Crippen LogP contribution in [-0.2, 0) is 15.2 Å². The molecule has 2 N–H and O–H groups in total. The molecule has 23 heavy (non-hydrogen) atoms. The van der Waals surface area contributed by atoms with Crippen molar-refractivity contribution in [3.8, 4) is 0 Å². The average molecular weight is 317 g/mol. The van der Waals surface area contributed by atoms with Gasteiger partial charge < -0.3 is 15.1 Å². The third-order valence-corrected chi connectivity index (χ3v) is 5.34. The van der Waals surface area contributed by atoms with Crippen LogP contribution in [-0.4, -0.2) is 40.1 Å². The number of rotatable bonds is 3. The first kappa shape index (κ1) is 16.0. The molecule has 5 nitrogen and oxygen atoms in total. The number of piperidine rings is 1. The molecule has 0 spiro atoms. The Morgan fingerprint density at radius 1 is 1.04 bits per heavy atom. The molecule has 1 aromatic rings. The van der Waals surface area contributed by atoms with Gasteiger partial charge in [0.25, 0.3) is 0 Å². The number of amides is 1. The molecular weight excluding hydrogens is 294 g/mol. The van der Waals surface area contributed by atoms with E-state index in [4.69, 9.17) is 5.11 Å². The summed E-state index contributed by atoms with van der Waals surface area (Å²) >= 11 is 0. The number of carboxylic acids is 1. The zero-order chi connectivity index (χ0) is 16.4. The number of hydrogen-bond acceptors (Lipinski definition) is 3. The number of hydrogen-bond donors (Lipinski definition) is 2. The van der Waals surface area contributed by atoms with E-state index in [0.717, 1.165) is 5.56 Å². The van der Waals surface area contributed by atoms with Gasteiger partial charge in [-0.15, -0.1) is 0 Å². The molecule has 1 saturated carbocycles. The molecule has 1 saturated heterocycles. The Hall–Kier alpha value is -1.88. The van der Waals surface area contributed by atoms with Crippen molar-refractivity contribution in [1.29, 1.82) is 0 Å². The van der Waals surface area contributed by atoms with Gasteiger partial charge in [0.15, 0.2) is 0 Å². The van der Waals surface area contributed by atoms with Gasteiger partial charge in [0.05, 0.1) is 11.5 Å². The fourth-order valence-corrected chi connectivity index (χ4v) is 3.82. The second kappa shape index (κ2) is 6.32. The molecule has 2 atom stereocenters. The number of aliphatic carboxylic acids is 1. The highest BCUT2D eigenvalue weighted by Gasteiger charge is 2.39. The van der Waals surface area contributed by atoms with Gasteiger partial charge in [0.2, 0.25) is 5.91 Å². The lowest BCUT2D eigenvalue weighted by atomic mass is 9.84. The molecule has 1 aliphatic carbocycles. The summed E-state index contributed by atoms with van der Waals surface area (Å²) in [5.74, 6) is -1.28. The molecule has 5 heteroatoms. The number of nitrogens with zero attached hydrogens (tertiary/aromatic N) is 1. The zero-order valence-electron chi connectivity index (χ0n) is 13.1. The first-order valence-electron chi connectivity index (χ1n) is 8.29. The van der Waals surface area contributed by atoms with Crippen LogP contribution in [0.1, 0.15) is 37.7 Å². The number of carboxylic acid groups (broad SMARTS) is 1. The van der Waals surface area contributed by atoms with E-state index in [1.165, 1.54) is 0 Å². The first-order chi connectivity index (χ1) is 11.0. The second-order valence-corrected chi connectivity index (χ2v) is 6.77. The Morgan fingerprint density at radius 3 is 2.22 bits per heavy atom. The fourth-order valence-electron chi connectivity index (χ4n) is 3.82. The monoisotopic (exact) mass is 317 g/mol. The molecular formula is C18H23NO4. The summed E-state index contributed by atoms with van der Waals surface area (Å²) in [5, 5.41) is 19.9. The van der Waals surface area contributed by atoms with E-state index < -0.39 is 11.6 Å². The number of likely N-dealkylation sites (tertiary alicyclic amines) is 1. The quantitative estimate of drug-likeness (QED) is 0.894. The Kier molecular flexibility index (Phi) is 4.39. The molecule has 1 aromatic carbocycles. The summed E-state index contributed by atoms with van der Waals surface area (Å²) in [6.07, 6.45) is 2.76. The lowest BCUT2D eigenvalue weighted by molar-refractivity contribution is -0.142. The van der Waals surface area contributed by atoms with Gasteiger partial charge in [-0.1, -0.05) is 30.3 Å². The number of aliphatic hydroxyl groups is 1. The highest BCUT2D eigenvalue weighted by Crippen LogP contribution is 2.36. The molecule has 0 radical (unpaired) electrons. The van der Waals surface area contributed by atoms with E-state index >= 15 is 0 Å². The molecule has 1 heterocycles. The van der Waals surface area contributed by atoms with E-state index in [0.29, 0.717) is 45.2 Å². The number of benzene rings is 1. The van der Waals surface area contributed by atoms with Crippen molar-refractivity contribution in [3.63, 3.8) is 0 Å². The molecule has 0 unspecified atom stereocenters. The van der Waals surface area contributed by atoms with E-state index in [1.807, 2.05) is 30.3 Å². The van der Waals surface area contributed by atoms with E-state index in [-0.39, 0.29) is 17.7 Å². The minimum absolute atomic E-state index is 0.0591. The summed E-state index contributed by atoms with van der Waals surface area (Å²) in [7, 11) is 0. The van der Waals surface area contributed by atoms with E-state index in [1.54, 1.807) is 4.90 Å². The molecule has 3 rings (SSSR count). The van der Waals surface area contributed by atoms with Gasteiger partial charge in [0, 0.05) is 19.0 Å². The molecule has 2 aliphatic rings. The second-order valence-electron chi connectivity index (χ2n) is 6.77. The minimum atomic E-state index is -0.864. The lowest BCUT2D eigenvalue weighted by Gasteiger charge is -2.39. The van der Waals surface area contributed by atoms with Crippen LogP contribution in [0.3, 0.4) is 0 Å². The maximum Gasteiger partial charge on any atom is 0.306 e. The summed E-state index contributed by atoms with van der Waals surface area (Å²) in [6.45, 7) is 1.05. The Balaban J connectivity index is 1.59. The van der Waals surface area contributed by atoms with Crippen LogP contribution in [0.15, 0.2) is 30.3 Å². The van der Waals surface area contributed by atoms with Crippen molar-refractivity contribution in [2.45, 2.75) is 37.7 Å². The van der Waals surface area contributed by atoms with Gasteiger partial charge in [-0.2, -0.15) is 0 Å². The lowest BCUT2D eigenvalue weighted by Crippen LogP contribution is -2.46. The highest BCUT2D eigenvalue weighted by atomic mass is 16.4. The van der Waals surface area contributed by atoms with Crippen molar-refractivity contribution >= 4 is 11.9 Å². The topological polar surface area (TPSA) is 77.8 Å². The van der Waals surface area contributed by atoms with Crippen LogP contribution in [0, 0.1) is 11.8 Å². The highest BCUT2D eigenvalue weighted by molar-refractivity contribution is 5.81. The maximum absolute atomic E-state index is 12.6. The number of carbonyl (C=O) groups is 2. The fraction of sp³-hybridized carbons (Fsp3) is 0.556.